The van der Waals surface area contributed by atoms with E-state index in [9.17, 15) is 4.79 Å². The molecule has 1 fully saturated rings. The number of carbonyl (C=O) groups is 1. The van der Waals surface area contributed by atoms with Crippen molar-refractivity contribution in [3.05, 3.63) is 88.6 Å². The lowest BCUT2D eigenvalue weighted by Crippen LogP contribution is -2.44. The van der Waals surface area contributed by atoms with Gasteiger partial charge in [0.25, 0.3) is 0 Å². The Hall–Kier alpha value is -3.04. The van der Waals surface area contributed by atoms with Gasteiger partial charge in [-0.25, -0.2) is 14.8 Å². The minimum Gasteiger partial charge on any atom is -0.455 e. The van der Waals surface area contributed by atoms with Crippen LogP contribution in [0.4, 0.5) is 0 Å². The molecule has 5 rings (SSSR count). The smallest absolute Gasteiger partial charge is 0.338 e. The highest BCUT2D eigenvalue weighted by Gasteiger charge is 2.57. The predicted molar refractivity (Wildman–Crippen MR) is 139 cm³/mol. The minimum absolute atomic E-state index is 0.00151. The van der Waals surface area contributed by atoms with Gasteiger partial charge >= 0.3 is 5.97 Å². The first-order valence-electron chi connectivity index (χ1n) is 12.0. The van der Waals surface area contributed by atoms with Crippen molar-refractivity contribution in [2.45, 2.75) is 45.3 Å². The van der Waals surface area contributed by atoms with Gasteiger partial charge in [0.05, 0.1) is 36.6 Å². The molecule has 0 bridgehead atoms. The largest absolute Gasteiger partial charge is 0.455 e. The van der Waals surface area contributed by atoms with Crippen LogP contribution in [0.2, 0.25) is 10.4 Å². The first-order chi connectivity index (χ1) is 17.9. The molecule has 10 heteroatoms. The van der Waals surface area contributed by atoms with Gasteiger partial charge in [-0.3, -0.25) is 4.57 Å². The summed E-state index contributed by atoms with van der Waals surface area (Å²) < 4.78 is 20.7. The summed E-state index contributed by atoms with van der Waals surface area (Å²) in [6.07, 6.45) is 0.564. The standard InChI is InChI=1S/C27H26Cl2N4O4/c1-3-19-21(37-24(34)18-12-8-5-9-13-18)27(2,15-35-14-17-10-6-4-7-11-17)25(36-19)33-16-30-20-22(28)31-26(29)32-23(20)33/h4-13,16,19,21,25H,3,14-15H2,1-2H3/t19-,21?,25-,27+/m1/s1. The third-order valence-corrected chi connectivity index (χ3v) is 7.06. The van der Waals surface area contributed by atoms with Gasteiger partial charge in [0.15, 0.2) is 10.8 Å². The summed E-state index contributed by atoms with van der Waals surface area (Å²) in [5.74, 6) is -0.425. The molecular formula is C27H26Cl2N4O4. The number of fused-ring (bicyclic) bond motifs is 1. The molecule has 1 aliphatic heterocycles. The summed E-state index contributed by atoms with van der Waals surface area (Å²) in [5.41, 5.74) is 1.52. The zero-order chi connectivity index (χ0) is 26.0. The number of aromatic nitrogens is 4. The number of imidazole rings is 1. The van der Waals surface area contributed by atoms with Gasteiger partial charge in [0, 0.05) is 0 Å². The first kappa shape index (κ1) is 25.6. The molecule has 0 aliphatic carbocycles. The molecule has 0 radical (unpaired) electrons. The van der Waals surface area contributed by atoms with Crippen LogP contribution in [0, 0.1) is 5.41 Å². The van der Waals surface area contributed by atoms with Crippen molar-refractivity contribution >= 4 is 40.3 Å². The molecule has 37 heavy (non-hydrogen) atoms. The quantitative estimate of drug-likeness (QED) is 0.156. The maximum Gasteiger partial charge on any atom is 0.338 e. The highest BCUT2D eigenvalue weighted by atomic mass is 35.5. The summed E-state index contributed by atoms with van der Waals surface area (Å²) in [6.45, 7) is 4.60. The van der Waals surface area contributed by atoms with Gasteiger partial charge in [-0.05, 0) is 42.6 Å². The lowest BCUT2D eigenvalue weighted by molar-refractivity contribution is -0.0740. The maximum atomic E-state index is 13.1. The number of esters is 1. The second-order valence-electron chi connectivity index (χ2n) is 9.22. The molecular weight excluding hydrogens is 515 g/mol. The minimum atomic E-state index is -0.808. The molecule has 8 nitrogen and oxygen atoms in total. The van der Waals surface area contributed by atoms with E-state index < -0.39 is 29.8 Å². The number of benzene rings is 2. The Labute approximate surface area is 224 Å². The van der Waals surface area contributed by atoms with E-state index in [0.717, 1.165) is 5.56 Å². The fourth-order valence-electron chi connectivity index (χ4n) is 4.76. The summed E-state index contributed by atoms with van der Waals surface area (Å²) in [7, 11) is 0. The van der Waals surface area contributed by atoms with Crippen LogP contribution in [0.3, 0.4) is 0 Å². The number of hydrogen-bond acceptors (Lipinski definition) is 7. The van der Waals surface area contributed by atoms with E-state index in [2.05, 4.69) is 15.0 Å². The van der Waals surface area contributed by atoms with Crippen molar-refractivity contribution < 1.29 is 19.0 Å². The molecule has 1 unspecified atom stereocenters. The SMILES string of the molecule is CC[C@H]1O[C@@H](n2cnc3c(Cl)nc(Cl)nc32)[C@@](C)(COCc2ccccc2)C1OC(=O)c1ccccc1. The average Bonchev–Trinajstić information content (AvgIpc) is 3.44. The van der Waals surface area contributed by atoms with Crippen LogP contribution in [-0.4, -0.2) is 44.3 Å². The maximum absolute atomic E-state index is 13.1. The van der Waals surface area contributed by atoms with Gasteiger partial charge in [-0.2, -0.15) is 4.98 Å². The summed E-state index contributed by atoms with van der Waals surface area (Å²) in [5, 5.41) is 0.145. The summed E-state index contributed by atoms with van der Waals surface area (Å²) in [4.78, 5) is 25.9. The lowest BCUT2D eigenvalue weighted by Gasteiger charge is -2.35. The number of rotatable bonds is 8. The third-order valence-electron chi connectivity index (χ3n) is 6.63. The Kier molecular flexibility index (Phi) is 7.44. The molecule has 1 saturated heterocycles. The molecule has 1 aliphatic rings. The van der Waals surface area contributed by atoms with Crippen LogP contribution in [0.25, 0.3) is 11.2 Å². The number of hydrogen-bond donors (Lipinski definition) is 0. The van der Waals surface area contributed by atoms with Crippen LogP contribution in [0.1, 0.15) is 42.4 Å². The van der Waals surface area contributed by atoms with Crippen LogP contribution >= 0.6 is 23.2 Å². The Morgan fingerprint density at radius 2 is 1.78 bits per heavy atom. The highest BCUT2D eigenvalue weighted by Crippen LogP contribution is 2.49. The number of ether oxygens (including phenoxy) is 3. The normalized spacial score (nSPS) is 23.4. The van der Waals surface area contributed by atoms with E-state index >= 15 is 0 Å². The number of nitrogens with zero attached hydrogens (tertiary/aromatic N) is 4. The zero-order valence-corrected chi connectivity index (χ0v) is 21.9. The second kappa shape index (κ2) is 10.8. The fourth-order valence-corrected chi connectivity index (χ4v) is 5.19. The van der Waals surface area contributed by atoms with E-state index in [1.54, 1.807) is 35.2 Å². The van der Waals surface area contributed by atoms with Crippen LogP contribution in [-0.2, 0) is 20.8 Å². The average molecular weight is 541 g/mol. The molecule has 0 amide bonds. The molecule has 0 N–H and O–H groups in total. The molecule has 3 heterocycles. The van der Waals surface area contributed by atoms with Gasteiger partial charge in [0.2, 0.25) is 5.28 Å². The predicted octanol–water partition coefficient (Wildman–Crippen LogP) is 5.89. The van der Waals surface area contributed by atoms with Crippen LogP contribution in [0.15, 0.2) is 67.0 Å². The van der Waals surface area contributed by atoms with E-state index in [1.807, 2.05) is 50.2 Å². The Bertz CT molecular complexity index is 1390. The molecule has 2 aromatic carbocycles. The topological polar surface area (TPSA) is 88.4 Å². The highest BCUT2D eigenvalue weighted by molar-refractivity contribution is 6.35. The second-order valence-corrected chi connectivity index (χ2v) is 9.91. The van der Waals surface area contributed by atoms with Crippen molar-refractivity contribution in [3.8, 4) is 0 Å². The van der Waals surface area contributed by atoms with E-state index in [0.29, 0.717) is 29.8 Å². The lowest BCUT2D eigenvalue weighted by atomic mass is 9.82. The molecule has 0 spiro atoms. The van der Waals surface area contributed by atoms with E-state index in [-0.39, 0.29) is 17.0 Å². The van der Waals surface area contributed by atoms with Gasteiger partial charge in [-0.15, -0.1) is 0 Å². The molecule has 2 aromatic heterocycles. The molecule has 0 saturated carbocycles. The van der Waals surface area contributed by atoms with Gasteiger partial charge in [-0.1, -0.05) is 67.1 Å². The van der Waals surface area contributed by atoms with Crippen LogP contribution < -0.4 is 0 Å². The summed E-state index contributed by atoms with van der Waals surface area (Å²) in [6, 6.07) is 18.8. The molecule has 4 aromatic rings. The Morgan fingerprint density at radius 1 is 1.08 bits per heavy atom. The van der Waals surface area contributed by atoms with E-state index in [1.165, 1.54) is 0 Å². The van der Waals surface area contributed by atoms with Gasteiger partial charge in [0.1, 0.15) is 17.8 Å². The number of carbonyl (C=O) groups excluding carboxylic acids is 1. The van der Waals surface area contributed by atoms with Crippen molar-refractivity contribution in [2.75, 3.05) is 6.61 Å². The third kappa shape index (κ3) is 5.07. The summed E-state index contributed by atoms with van der Waals surface area (Å²) >= 11 is 12.4. The van der Waals surface area contributed by atoms with Crippen molar-refractivity contribution in [3.63, 3.8) is 0 Å². The first-order valence-corrected chi connectivity index (χ1v) is 12.7. The molecule has 192 valence electrons. The van der Waals surface area contributed by atoms with Crippen molar-refractivity contribution in [2.24, 2.45) is 5.41 Å². The van der Waals surface area contributed by atoms with Crippen molar-refractivity contribution in [1.29, 1.82) is 0 Å². The monoisotopic (exact) mass is 540 g/mol. The van der Waals surface area contributed by atoms with Gasteiger partial charge < -0.3 is 14.2 Å². The Morgan fingerprint density at radius 3 is 2.49 bits per heavy atom. The Balaban J connectivity index is 1.51. The van der Waals surface area contributed by atoms with E-state index in [4.69, 9.17) is 37.4 Å². The number of halogens is 2. The zero-order valence-electron chi connectivity index (χ0n) is 20.4. The fraction of sp³-hybridized carbons (Fsp3) is 0.333. The van der Waals surface area contributed by atoms with Crippen molar-refractivity contribution in [1.82, 2.24) is 19.5 Å². The molecule has 4 atom stereocenters. The van der Waals surface area contributed by atoms with Crippen LogP contribution in [0.5, 0.6) is 0 Å².